The highest BCUT2D eigenvalue weighted by atomic mass is 32.1. The van der Waals surface area contributed by atoms with Gasteiger partial charge < -0.3 is 14.8 Å². The summed E-state index contributed by atoms with van der Waals surface area (Å²) in [4.78, 5) is 23.3. The molecule has 4 rings (SSSR count). The van der Waals surface area contributed by atoms with E-state index in [-0.39, 0.29) is 28.2 Å². The maximum Gasteiger partial charge on any atom is 0.274 e. The molecule has 1 N–H and O–H groups in total. The Labute approximate surface area is 158 Å². The van der Waals surface area contributed by atoms with Crippen LogP contribution in [0, 0.1) is 11.6 Å². The molecule has 1 saturated heterocycles. The molecule has 0 bridgehead atoms. The van der Waals surface area contributed by atoms with Crippen molar-refractivity contribution in [3.63, 3.8) is 0 Å². The molecule has 27 heavy (non-hydrogen) atoms. The second-order valence-electron chi connectivity index (χ2n) is 6.25. The van der Waals surface area contributed by atoms with E-state index in [9.17, 15) is 13.6 Å². The lowest BCUT2D eigenvalue weighted by Crippen LogP contribution is -2.49. The zero-order valence-electron chi connectivity index (χ0n) is 14.5. The molecule has 1 atom stereocenters. The molecule has 3 heterocycles. The zero-order chi connectivity index (χ0) is 19.0. The maximum atomic E-state index is 14.0. The Hall–Kier alpha value is -2.65. The quantitative estimate of drug-likeness (QED) is 0.748. The van der Waals surface area contributed by atoms with E-state index in [1.807, 2.05) is 17.8 Å². The molecule has 0 aliphatic carbocycles. The predicted molar refractivity (Wildman–Crippen MR) is 97.3 cm³/mol. The van der Waals surface area contributed by atoms with Crippen LogP contribution in [0.5, 0.6) is 0 Å². The number of aromatic nitrogens is 3. The molecule has 1 fully saturated rings. The molecule has 1 aliphatic heterocycles. The molecule has 9 heteroatoms. The van der Waals surface area contributed by atoms with Gasteiger partial charge in [0.15, 0.2) is 0 Å². The van der Waals surface area contributed by atoms with Crippen LogP contribution in [0.1, 0.15) is 22.4 Å². The second-order valence-corrected chi connectivity index (χ2v) is 7.11. The summed E-state index contributed by atoms with van der Waals surface area (Å²) in [6.45, 7) is 1.73. The first-order valence-corrected chi connectivity index (χ1v) is 9.33. The van der Waals surface area contributed by atoms with Gasteiger partial charge in [-0.3, -0.25) is 4.79 Å². The molecule has 0 spiro atoms. The van der Waals surface area contributed by atoms with E-state index in [4.69, 9.17) is 0 Å². The number of benzene rings is 1. The van der Waals surface area contributed by atoms with Crippen LogP contribution in [-0.2, 0) is 7.05 Å². The number of imidazole rings is 1. The molecule has 1 aromatic carbocycles. The number of halogens is 2. The van der Waals surface area contributed by atoms with Gasteiger partial charge in [0.2, 0.25) is 0 Å². The van der Waals surface area contributed by atoms with Gasteiger partial charge in [-0.2, -0.15) is 0 Å². The lowest BCUT2D eigenvalue weighted by Gasteiger charge is -2.35. The van der Waals surface area contributed by atoms with Gasteiger partial charge >= 0.3 is 0 Å². The van der Waals surface area contributed by atoms with Crippen LogP contribution in [0.15, 0.2) is 36.0 Å². The number of carbonyl (C=O) groups excluding carboxylic acids is 1. The van der Waals surface area contributed by atoms with Crippen LogP contribution >= 0.6 is 11.3 Å². The van der Waals surface area contributed by atoms with Gasteiger partial charge in [0.05, 0.1) is 5.56 Å². The van der Waals surface area contributed by atoms with Crippen LogP contribution in [0.3, 0.4) is 0 Å². The van der Waals surface area contributed by atoms with E-state index in [1.165, 1.54) is 18.2 Å². The maximum absolute atomic E-state index is 14.0. The Morgan fingerprint density at radius 2 is 2.11 bits per heavy atom. The molecule has 2 aromatic heterocycles. The van der Waals surface area contributed by atoms with Gasteiger partial charge in [-0.05, 0) is 12.1 Å². The lowest BCUT2D eigenvalue weighted by molar-refractivity contribution is 0.0615. The van der Waals surface area contributed by atoms with Crippen molar-refractivity contribution in [3.05, 3.63) is 59.1 Å². The van der Waals surface area contributed by atoms with Gasteiger partial charge in [0, 0.05) is 44.5 Å². The standard InChI is InChI=1S/C18H17F2N5OS/c1-24-7-6-22-16(24)14-9-21-5-8-25(14)18(26)13-10-27-17(23-13)15-11(19)3-2-4-12(15)20/h2-4,6-7,10,14,21H,5,8-9H2,1H3. The molecule has 1 unspecified atom stereocenters. The summed E-state index contributed by atoms with van der Waals surface area (Å²) in [5, 5.41) is 4.96. The molecule has 0 saturated carbocycles. The molecule has 0 radical (unpaired) electrons. The van der Waals surface area contributed by atoms with E-state index < -0.39 is 11.6 Å². The Balaban J connectivity index is 1.65. The number of carbonyl (C=O) groups is 1. The third kappa shape index (κ3) is 3.24. The third-order valence-electron chi connectivity index (χ3n) is 4.56. The lowest BCUT2D eigenvalue weighted by atomic mass is 10.1. The molecule has 1 aliphatic rings. The highest BCUT2D eigenvalue weighted by Gasteiger charge is 2.32. The first-order valence-electron chi connectivity index (χ1n) is 8.45. The fourth-order valence-electron chi connectivity index (χ4n) is 3.21. The van der Waals surface area contributed by atoms with Crippen LogP contribution in [0.2, 0.25) is 0 Å². The number of aryl methyl sites for hydroxylation is 1. The summed E-state index contributed by atoms with van der Waals surface area (Å²) in [5.74, 6) is -0.900. The minimum absolute atomic E-state index is 0.151. The van der Waals surface area contributed by atoms with E-state index >= 15 is 0 Å². The number of thiazole rings is 1. The summed E-state index contributed by atoms with van der Waals surface area (Å²) in [5.41, 5.74) is -0.0266. The zero-order valence-corrected chi connectivity index (χ0v) is 15.3. The van der Waals surface area contributed by atoms with E-state index in [1.54, 1.807) is 16.5 Å². The first-order chi connectivity index (χ1) is 13.1. The molecular weight excluding hydrogens is 372 g/mol. The van der Waals surface area contributed by atoms with Crippen LogP contribution in [0.25, 0.3) is 10.6 Å². The smallest absolute Gasteiger partial charge is 0.274 e. The SMILES string of the molecule is Cn1ccnc1C1CNCCN1C(=O)c1csc(-c2c(F)cccc2F)n1. The number of piperazine rings is 1. The van der Waals surface area contributed by atoms with Crippen molar-refractivity contribution in [2.45, 2.75) is 6.04 Å². The fraction of sp³-hybridized carbons (Fsp3) is 0.278. The van der Waals surface area contributed by atoms with Crippen molar-refractivity contribution < 1.29 is 13.6 Å². The summed E-state index contributed by atoms with van der Waals surface area (Å²) < 4.78 is 29.9. The Kier molecular flexibility index (Phi) is 4.71. The van der Waals surface area contributed by atoms with Gasteiger partial charge in [-0.15, -0.1) is 11.3 Å². The molecular formula is C18H17F2N5OS. The van der Waals surface area contributed by atoms with Crippen molar-refractivity contribution >= 4 is 17.2 Å². The largest absolute Gasteiger partial charge is 0.336 e. The molecule has 6 nitrogen and oxygen atoms in total. The Morgan fingerprint density at radius 3 is 2.81 bits per heavy atom. The van der Waals surface area contributed by atoms with E-state index in [0.29, 0.717) is 19.6 Å². The monoisotopic (exact) mass is 389 g/mol. The van der Waals surface area contributed by atoms with Crippen LogP contribution < -0.4 is 5.32 Å². The van der Waals surface area contributed by atoms with Crippen LogP contribution in [-0.4, -0.2) is 45.0 Å². The van der Waals surface area contributed by atoms with Crippen molar-refractivity contribution in [2.75, 3.05) is 19.6 Å². The normalized spacial score (nSPS) is 17.3. The third-order valence-corrected chi connectivity index (χ3v) is 5.42. The first kappa shape index (κ1) is 17.7. The molecule has 140 valence electrons. The number of rotatable bonds is 3. The van der Waals surface area contributed by atoms with Crippen molar-refractivity contribution in [1.82, 2.24) is 24.8 Å². The highest BCUT2D eigenvalue weighted by molar-refractivity contribution is 7.13. The number of hydrogen-bond acceptors (Lipinski definition) is 5. The van der Waals surface area contributed by atoms with E-state index in [0.717, 1.165) is 17.2 Å². The van der Waals surface area contributed by atoms with Crippen molar-refractivity contribution in [1.29, 1.82) is 0 Å². The number of hydrogen-bond donors (Lipinski definition) is 1. The molecule has 3 aromatic rings. The van der Waals surface area contributed by atoms with Gasteiger partial charge in [0.25, 0.3) is 5.91 Å². The Bertz CT molecular complexity index is 966. The topological polar surface area (TPSA) is 63.1 Å². The summed E-state index contributed by atoms with van der Waals surface area (Å²) >= 11 is 1.05. The van der Waals surface area contributed by atoms with Crippen molar-refractivity contribution in [2.24, 2.45) is 7.05 Å². The van der Waals surface area contributed by atoms with Gasteiger partial charge in [-0.1, -0.05) is 6.07 Å². The van der Waals surface area contributed by atoms with Gasteiger partial charge in [-0.25, -0.2) is 18.7 Å². The van der Waals surface area contributed by atoms with Crippen LogP contribution in [0.4, 0.5) is 8.78 Å². The fourth-order valence-corrected chi connectivity index (χ4v) is 4.05. The average molecular weight is 389 g/mol. The number of nitrogens with zero attached hydrogens (tertiary/aromatic N) is 4. The summed E-state index contributed by atoms with van der Waals surface area (Å²) in [6, 6.07) is 3.41. The minimum Gasteiger partial charge on any atom is -0.336 e. The van der Waals surface area contributed by atoms with Gasteiger partial charge in [0.1, 0.15) is 34.2 Å². The Morgan fingerprint density at radius 1 is 1.33 bits per heavy atom. The average Bonchev–Trinajstić information content (AvgIpc) is 3.30. The second kappa shape index (κ2) is 7.16. The number of nitrogens with one attached hydrogen (secondary N) is 1. The highest BCUT2D eigenvalue weighted by Crippen LogP contribution is 2.30. The predicted octanol–water partition coefficient (Wildman–Crippen LogP) is 2.61. The summed E-state index contributed by atoms with van der Waals surface area (Å²) in [7, 11) is 1.88. The number of amides is 1. The molecule has 1 amide bonds. The summed E-state index contributed by atoms with van der Waals surface area (Å²) in [6.07, 6.45) is 3.52. The minimum atomic E-state index is -0.698. The van der Waals surface area contributed by atoms with E-state index in [2.05, 4.69) is 15.3 Å². The van der Waals surface area contributed by atoms with Crippen molar-refractivity contribution in [3.8, 4) is 10.6 Å².